The van der Waals surface area contributed by atoms with Crippen LogP contribution in [0.25, 0.3) is 6.08 Å². The van der Waals surface area contributed by atoms with Crippen LogP contribution in [-0.4, -0.2) is 37.9 Å². The monoisotopic (exact) mass is 344 g/mol. The number of epoxide rings is 1. The van der Waals surface area contributed by atoms with Crippen molar-refractivity contribution in [2.24, 2.45) is 0 Å². The lowest BCUT2D eigenvalue weighted by atomic mass is 10.2. The zero-order valence-electron chi connectivity index (χ0n) is 14.7. The Morgan fingerprint density at radius 3 is 2.36 bits per heavy atom. The summed E-state index contributed by atoms with van der Waals surface area (Å²) in [7, 11) is 0. The van der Waals surface area contributed by atoms with Gasteiger partial charge in [0.15, 0.2) is 0 Å². The molecular formula is C20H24O5. The lowest BCUT2D eigenvalue weighted by Gasteiger charge is -1.99. The predicted molar refractivity (Wildman–Crippen MR) is 96.8 cm³/mol. The van der Waals surface area contributed by atoms with E-state index in [4.69, 9.17) is 14.2 Å². The molecule has 1 unspecified atom stereocenters. The number of hydrogen-bond acceptors (Lipinski definition) is 5. The van der Waals surface area contributed by atoms with Crippen molar-refractivity contribution in [1.82, 2.24) is 0 Å². The zero-order valence-corrected chi connectivity index (χ0v) is 14.7. The molecule has 0 bridgehead atoms. The Kier molecular flexibility index (Phi) is 8.96. The van der Waals surface area contributed by atoms with E-state index in [-0.39, 0.29) is 18.0 Å². The fraction of sp³-hybridized carbons (Fsp3) is 0.300. The summed E-state index contributed by atoms with van der Waals surface area (Å²) in [6.45, 7) is 11.9. The molecule has 0 radical (unpaired) electrons. The van der Waals surface area contributed by atoms with Crippen LogP contribution in [0.4, 0.5) is 0 Å². The van der Waals surface area contributed by atoms with Crippen molar-refractivity contribution in [1.29, 1.82) is 0 Å². The number of ether oxygens (including phenoxy) is 3. The third-order valence-electron chi connectivity index (χ3n) is 2.97. The second-order valence-corrected chi connectivity index (χ2v) is 5.32. The maximum atomic E-state index is 11.2. The van der Waals surface area contributed by atoms with Crippen molar-refractivity contribution in [3.63, 3.8) is 0 Å². The summed E-state index contributed by atoms with van der Waals surface area (Å²) >= 11 is 0. The van der Waals surface area contributed by atoms with E-state index < -0.39 is 0 Å². The number of carbonyl (C=O) groups excluding carboxylic acids is 2. The Morgan fingerprint density at radius 2 is 1.84 bits per heavy atom. The Balaban J connectivity index is 0.000000271. The van der Waals surface area contributed by atoms with E-state index in [1.807, 2.05) is 36.4 Å². The summed E-state index contributed by atoms with van der Waals surface area (Å²) in [4.78, 5) is 21.9. The second kappa shape index (κ2) is 11.0. The third kappa shape index (κ3) is 9.27. The minimum absolute atomic E-state index is 0.142. The zero-order chi connectivity index (χ0) is 18.7. The molecule has 0 amide bonds. The first-order valence-corrected chi connectivity index (χ1v) is 7.97. The fourth-order valence-electron chi connectivity index (χ4n) is 1.51. The lowest BCUT2D eigenvalue weighted by molar-refractivity contribution is -0.139. The SMILES string of the molecule is C=C(C)C(=O)OCC1CO1.C=C(C=Cc1ccccc1)C(=O)OCC. The molecule has 5 nitrogen and oxygen atoms in total. The van der Waals surface area contributed by atoms with Gasteiger partial charge < -0.3 is 14.2 Å². The van der Waals surface area contributed by atoms with Crippen LogP contribution in [0.1, 0.15) is 19.4 Å². The third-order valence-corrected chi connectivity index (χ3v) is 2.97. The van der Waals surface area contributed by atoms with E-state index in [0.29, 0.717) is 31.0 Å². The number of benzene rings is 1. The Labute approximate surface area is 148 Å². The van der Waals surface area contributed by atoms with E-state index in [9.17, 15) is 9.59 Å². The van der Waals surface area contributed by atoms with Gasteiger partial charge in [0.1, 0.15) is 12.7 Å². The van der Waals surface area contributed by atoms with Crippen LogP contribution in [0.5, 0.6) is 0 Å². The molecule has 1 saturated heterocycles. The van der Waals surface area contributed by atoms with Gasteiger partial charge in [-0.2, -0.15) is 0 Å². The number of carbonyl (C=O) groups is 2. The molecule has 0 aromatic heterocycles. The van der Waals surface area contributed by atoms with E-state index in [2.05, 4.69) is 13.2 Å². The molecule has 1 aromatic rings. The summed E-state index contributed by atoms with van der Waals surface area (Å²) in [6, 6.07) is 9.72. The maximum absolute atomic E-state index is 11.2. The quantitative estimate of drug-likeness (QED) is 0.328. The smallest absolute Gasteiger partial charge is 0.337 e. The van der Waals surface area contributed by atoms with Crippen LogP contribution in [0.3, 0.4) is 0 Å². The molecule has 0 saturated carbocycles. The molecule has 1 heterocycles. The molecule has 25 heavy (non-hydrogen) atoms. The molecule has 1 fully saturated rings. The highest BCUT2D eigenvalue weighted by Gasteiger charge is 2.24. The van der Waals surface area contributed by atoms with Gasteiger partial charge in [0.05, 0.1) is 18.8 Å². The molecule has 134 valence electrons. The van der Waals surface area contributed by atoms with Crippen molar-refractivity contribution in [3.05, 3.63) is 66.3 Å². The van der Waals surface area contributed by atoms with Crippen LogP contribution in [0.2, 0.25) is 0 Å². The average Bonchev–Trinajstić information content (AvgIpc) is 3.43. The average molecular weight is 344 g/mol. The van der Waals surface area contributed by atoms with Gasteiger partial charge >= 0.3 is 11.9 Å². The molecule has 0 spiro atoms. The first-order valence-electron chi connectivity index (χ1n) is 7.97. The van der Waals surface area contributed by atoms with Gasteiger partial charge in [0.2, 0.25) is 0 Å². The van der Waals surface area contributed by atoms with Crippen molar-refractivity contribution in [2.45, 2.75) is 20.0 Å². The topological polar surface area (TPSA) is 65.1 Å². The van der Waals surface area contributed by atoms with Gasteiger partial charge in [-0.15, -0.1) is 0 Å². The number of hydrogen-bond donors (Lipinski definition) is 0. The highest BCUT2D eigenvalue weighted by molar-refractivity contribution is 5.92. The minimum atomic E-state index is -0.371. The van der Waals surface area contributed by atoms with Gasteiger partial charge in [-0.3, -0.25) is 0 Å². The highest BCUT2D eigenvalue weighted by Crippen LogP contribution is 2.09. The van der Waals surface area contributed by atoms with Gasteiger partial charge in [-0.1, -0.05) is 49.6 Å². The summed E-state index contributed by atoms with van der Waals surface area (Å²) in [6.07, 6.45) is 3.63. The highest BCUT2D eigenvalue weighted by atomic mass is 16.6. The Bertz CT molecular complexity index is 627. The van der Waals surface area contributed by atoms with Crippen molar-refractivity contribution < 1.29 is 23.8 Å². The van der Waals surface area contributed by atoms with Crippen LogP contribution in [0.15, 0.2) is 60.7 Å². The molecule has 0 N–H and O–H groups in total. The second-order valence-electron chi connectivity index (χ2n) is 5.32. The van der Waals surface area contributed by atoms with Crippen molar-refractivity contribution >= 4 is 18.0 Å². The minimum Gasteiger partial charge on any atom is -0.462 e. The first kappa shape index (κ1) is 20.4. The van der Waals surface area contributed by atoms with E-state index >= 15 is 0 Å². The standard InChI is InChI=1S/C13H14O2.C7H10O3/c1-3-15-13(14)11(2)9-10-12-7-5-4-6-8-12;1-5(2)7(8)10-4-6-3-9-6/h4-10H,2-3H2,1H3;6H,1,3-4H2,2H3. The van der Waals surface area contributed by atoms with Gasteiger partial charge in [-0.25, -0.2) is 9.59 Å². The fourth-order valence-corrected chi connectivity index (χ4v) is 1.51. The molecule has 5 heteroatoms. The Morgan fingerprint density at radius 1 is 1.20 bits per heavy atom. The van der Waals surface area contributed by atoms with Crippen molar-refractivity contribution in [2.75, 3.05) is 19.8 Å². The van der Waals surface area contributed by atoms with Crippen molar-refractivity contribution in [3.8, 4) is 0 Å². The first-order chi connectivity index (χ1) is 11.9. The summed E-state index contributed by atoms with van der Waals surface area (Å²) in [5.41, 5.74) is 1.82. The van der Waals surface area contributed by atoms with Crippen LogP contribution >= 0.6 is 0 Å². The largest absolute Gasteiger partial charge is 0.462 e. The van der Waals surface area contributed by atoms with Gasteiger partial charge in [0.25, 0.3) is 0 Å². The molecule has 1 aliphatic rings. The summed E-state index contributed by atoms with van der Waals surface area (Å²) < 4.78 is 14.4. The molecule has 0 aliphatic carbocycles. The van der Waals surface area contributed by atoms with Crippen LogP contribution < -0.4 is 0 Å². The van der Waals surface area contributed by atoms with E-state index in [0.717, 1.165) is 5.56 Å². The molecule has 2 rings (SSSR count). The van der Waals surface area contributed by atoms with E-state index in [1.165, 1.54) is 0 Å². The summed E-state index contributed by atoms with van der Waals surface area (Å²) in [5, 5.41) is 0. The number of rotatable bonds is 7. The molecule has 1 aliphatic heterocycles. The van der Waals surface area contributed by atoms with Gasteiger partial charge in [-0.05, 0) is 25.5 Å². The predicted octanol–water partition coefficient (Wildman–Crippen LogP) is 3.32. The lowest BCUT2D eigenvalue weighted by Crippen LogP contribution is -2.09. The maximum Gasteiger partial charge on any atom is 0.337 e. The normalized spacial score (nSPS) is 14.9. The molecule has 1 atom stereocenters. The summed E-state index contributed by atoms with van der Waals surface area (Å²) in [5.74, 6) is -0.708. The molecule has 1 aromatic carbocycles. The van der Waals surface area contributed by atoms with E-state index in [1.54, 1.807) is 19.9 Å². The van der Waals surface area contributed by atoms with Gasteiger partial charge in [0, 0.05) is 5.57 Å². The Hall–Kier alpha value is -2.66. The molecular weight excluding hydrogens is 320 g/mol. The van der Waals surface area contributed by atoms with Crippen LogP contribution in [-0.2, 0) is 23.8 Å². The number of esters is 2. The van der Waals surface area contributed by atoms with Crippen LogP contribution in [0, 0.1) is 0 Å².